The van der Waals surface area contributed by atoms with Crippen molar-refractivity contribution >= 4 is 29.4 Å². The van der Waals surface area contributed by atoms with E-state index in [0.29, 0.717) is 11.3 Å². The van der Waals surface area contributed by atoms with Gasteiger partial charge in [0.2, 0.25) is 5.91 Å². The number of benzene rings is 2. The predicted octanol–water partition coefficient (Wildman–Crippen LogP) is 1.95. The van der Waals surface area contributed by atoms with Crippen molar-refractivity contribution in [3.05, 3.63) is 64.2 Å². The number of carbonyl (C=O) groups is 4. The first kappa shape index (κ1) is 23.6. The first-order valence-electron chi connectivity index (χ1n) is 9.81. The summed E-state index contributed by atoms with van der Waals surface area (Å²) >= 11 is 0. The molecule has 0 aliphatic carbocycles. The van der Waals surface area contributed by atoms with Gasteiger partial charge in [0.25, 0.3) is 11.8 Å². The lowest BCUT2D eigenvalue weighted by Crippen LogP contribution is -2.37. The number of hydrogen-bond acceptors (Lipinski definition) is 5. The molecule has 0 atom stereocenters. The minimum atomic E-state index is -0.757. The quantitative estimate of drug-likeness (QED) is 0.560. The zero-order chi connectivity index (χ0) is 23.0. The Morgan fingerprint density at radius 1 is 0.806 bits per heavy atom. The summed E-state index contributed by atoms with van der Waals surface area (Å²) in [7, 11) is 0. The van der Waals surface area contributed by atoms with Crippen molar-refractivity contribution in [2.75, 3.05) is 25.0 Å². The normalized spacial score (nSPS) is 10.2. The maximum Gasteiger partial charge on any atom is 0.325 e. The van der Waals surface area contributed by atoms with Crippen LogP contribution in [-0.2, 0) is 19.1 Å². The molecule has 0 saturated carbocycles. The molecular formula is C23H27N3O5. The van der Waals surface area contributed by atoms with E-state index in [0.717, 1.165) is 22.3 Å². The molecule has 0 heterocycles. The molecule has 8 heteroatoms. The average Bonchev–Trinajstić information content (AvgIpc) is 2.71. The van der Waals surface area contributed by atoms with Gasteiger partial charge in [0.05, 0.1) is 6.54 Å². The summed E-state index contributed by atoms with van der Waals surface area (Å²) in [6.07, 6.45) is 0. The number of nitrogens with one attached hydrogen (secondary N) is 3. The van der Waals surface area contributed by atoms with E-state index >= 15 is 0 Å². The minimum Gasteiger partial charge on any atom is -0.454 e. The molecule has 0 aliphatic rings. The Labute approximate surface area is 181 Å². The Kier molecular flexibility index (Phi) is 8.31. The van der Waals surface area contributed by atoms with E-state index < -0.39 is 24.4 Å². The number of anilines is 1. The lowest BCUT2D eigenvalue weighted by molar-refractivity contribution is -0.147. The number of hydrogen-bond donors (Lipinski definition) is 3. The van der Waals surface area contributed by atoms with Crippen LogP contribution in [0.4, 0.5) is 5.69 Å². The molecule has 0 aliphatic heterocycles. The minimum absolute atomic E-state index is 0.257. The van der Waals surface area contributed by atoms with Crippen molar-refractivity contribution in [2.24, 2.45) is 0 Å². The van der Waals surface area contributed by atoms with Gasteiger partial charge in [-0.05, 0) is 50.5 Å². The highest BCUT2D eigenvalue weighted by atomic mass is 16.5. The average molecular weight is 425 g/mol. The molecule has 0 spiro atoms. The van der Waals surface area contributed by atoms with Crippen LogP contribution in [0.5, 0.6) is 0 Å². The fraction of sp³-hybridized carbons (Fsp3) is 0.304. The predicted molar refractivity (Wildman–Crippen MR) is 117 cm³/mol. The van der Waals surface area contributed by atoms with E-state index in [4.69, 9.17) is 4.74 Å². The van der Waals surface area contributed by atoms with Crippen molar-refractivity contribution in [3.8, 4) is 0 Å². The fourth-order valence-corrected chi connectivity index (χ4v) is 3.06. The maximum absolute atomic E-state index is 12.1. The zero-order valence-electron chi connectivity index (χ0n) is 18.1. The van der Waals surface area contributed by atoms with E-state index in [-0.39, 0.29) is 19.0 Å². The second-order valence-electron chi connectivity index (χ2n) is 7.26. The first-order valence-corrected chi connectivity index (χ1v) is 9.81. The SMILES string of the molecule is Cc1cc(C)c(NC(=O)CNC(=O)COC(=O)CNC(=O)c2ccccc2C)c(C)c1. The molecule has 164 valence electrons. The molecule has 2 aromatic rings. The van der Waals surface area contributed by atoms with Crippen LogP contribution in [0.1, 0.15) is 32.6 Å². The summed E-state index contributed by atoms with van der Waals surface area (Å²) in [5.74, 6) is -2.17. The van der Waals surface area contributed by atoms with Gasteiger partial charge in [0.15, 0.2) is 6.61 Å². The Balaban J connectivity index is 1.70. The summed E-state index contributed by atoms with van der Waals surface area (Å²) < 4.78 is 4.82. The zero-order valence-corrected chi connectivity index (χ0v) is 18.1. The van der Waals surface area contributed by atoms with Crippen LogP contribution >= 0.6 is 0 Å². The molecule has 0 aromatic heterocycles. The van der Waals surface area contributed by atoms with Gasteiger partial charge in [-0.25, -0.2) is 0 Å². The highest BCUT2D eigenvalue weighted by molar-refractivity contribution is 5.97. The van der Waals surface area contributed by atoms with E-state index in [9.17, 15) is 19.2 Å². The summed E-state index contributed by atoms with van der Waals surface area (Å²) in [6, 6.07) is 10.9. The van der Waals surface area contributed by atoms with Crippen molar-refractivity contribution in [1.82, 2.24) is 10.6 Å². The maximum atomic E-state index is 12.1. The van der Waals surface area contributed by atoms with Crippen LogP contribution in [0, 0.1) is 27.7 Å². The Bertz CT molecular complexity index is 977. The molecular weight excluding hydrogens is 398 g/mol. The first-order chi connectivity index (χ1) is 14.7. The molecule has 2 aromatic carbocycles. The van der Waals surface area contributed by atoms with Gasteiger partial charge < -0.3 is 20.7 Å². The Hall–Kier alpha value is -3.68. The molecule has 0 fully saturated rings. The molecule has 0 unspecified atom stereocenters. The third-order valence-electron chi connectivity index (χ3n) is 4.53. The van der Waals surface area contributed by atoms with Crippen LogP contribution in [0.15, 0.2) is 36.4 Å². The second-order valence-corrected chi connectivity index (χ2v) is 7.26. The molecule has 3 N–H and O–H groups in total. The van der Waals surface area contributed by atoms with Gasteiger partial charge in [0.1, 0.15) is 6.54 Å². The summed E-state index contributed by atoms with van der Waals surface area (Å²) in [4.78, 5) is 47.7. The highest BCUT2D eigenvalue weighted by Gasteiger charge is 2.13. The molecule has 31 heavy (non-hydrogen) atoms. The fourth-order valence-electron chi connectivity index (χ4n) is 3.06. The van der Waals surface area contributed by atoms with Gasteiger partial charge >= 0.3 is 5.97 Å². The van der Waals surface area contributed by atoms with E-state index in [1.165, 1.54) is 0 Å². The van der Waals surface area contributed by atoms with Gasteiger partial charge in [-0.3, -0.25) is 19.2 Å². The summed E-state index contributed by atoms with van der Waals surface area (Å²) in [5.41, 5.74) is 4.90. The van der Waals surface area contributed by atoms with Crippen LogP contribution in [0.2, 0.25) is 0 Å². The van der Waals surface area contributed by atoms with Gasteiger partial charge in [-0.2, -0.15) is 0 Å². The number of aryl methyl sites for hydroxylation is 4. The smallest absolute Gasteiger partial charge is 0.325 e. The lowest BCUT2D eigenvalue weighted by Gasteiger charge is -2.13. The third-order valence-corrected chi connectivity index (χ3v) is 4.53. The summed E-state index contributed by atoms with van der Waals surface area (Å²) in [5, 5.41) is 7.61. The molecule has 3 amide bonds. The van der Waals surface area contributed by atoms with E-state index in [1.54, 1.807) is 25.1 Å². The van der Waals surface area contributed by atoms with Crippen LogP contribution in [-0.4, -0.2) is 43.4 Å². The van der Waals surface area contributed by atoms with E-state index in [2.05, 4.69) is 16.0 Å². The number of amides is 3. The standard InChI is InChI=1S/C23H27N3O5/c1-14-9-16(3)22(17(4)10-14)26-19(27)11-24-20(28)13-31-21(29)12-25-23(30)18-8-6-5-7-15(18)2/h5-10H,11-13H2,1-4H3,(H,24,28)(H,25,30)(H,26,27). The van der Waals surface area contributed by atoms with E-state index in [1.807, 2.05) is 39.0 Å². The number of rotatable bonds is 8. The van der Waals surface area contributed by atoms with Crippen molar-refractivity contribution < 1.29 is 23.9 Å². The number of carbonyl (C=O) groups excluding carboxylic acids is 4. The van der Waals surface area contributed by atoms with Gasteiger partial charge in [-0.15, -0.1) is 0 Å². The van der Waals surface area contributed by atoms with Crippen LogP contribution in [0.25, 0.3) is 0 Å². The number of ether oxygens (including phenoxy) is 1. The summed E-state index contributed by atoms with van der Waals surface area (Å²) in [6.45, 7) is 6.38. The third kappa shape index (κ3) is 7.26. The monoisotopic (exact) mass is 425 g/mol. The second kappa shape index (κ2) is 10.9. The van der Waals surface area contributed by atoms with Crippen LogP contribution < -0.4 is 16.0 Å². The number of esters is 1. The molecule has 8 nitrogen and oxygen atoms in total. The molecule has 0 bridgehead atoms. The molecule has 0 saturated heterocycles. The topological polar surface area (TPSA) is 114 Å². The Morgan fingerprint density at radius 2 is 1.45 bits per heavy atom. The highest BCUT2D eigenvalue weighted by Crippen LogP contribution is 2.21. The van der Waals surface area contributed by atoms with Crippen molar-refractivity contribution in [3.63, 3.8) is 0 Å². The molecule has 2 rings (SSSR count). The van der Waals surface area contributed by atoms with Crippen molar-refractivity contribution in [2.45, 2.75) is 27.7 Å². The Morgan fingerprint density at radius 3 is 2.10 bits per heavy atom. The van der Waals surface area contributed by atoms with Gasteiger partial charge in [0, 0.05) is 11.3 Å². The molecule has 0 radical (unpaired) electrons. The van der Waals surface area contributed by atoms with Crippen LogP contribution in [0.3, 0.4) is 0 Å². The van der Waals surface area contributed by atoms with Gasteiger partial charge in [-0.1, -0.05) is 35.9 Å². The van der Waals surface area contributed by atoms with Crippen molar-refractivity contribution in [1.29, 1.82) is 0 Å². The lowest BCUT2D eigenvalue weighted by atomic mass is 10.1. The largest absolute Gasteiger partial charge is 0.454 e.